The van der Waals surface area contributed by atoms with E-state index in [0.717, 1.165) is 17.0 Å². The molecule has 3 aromatic rings. The zero-order valence-corrected chi connectivity index (χ0v) is 15.9. The lowest BCUT2D eigenvalue weighted by molar-refractivity contribution is -0.115. The molecule has 0 bridgehead atoms. The quantitative estimate of drug-likeness (QED) is 0.608. The zero-order valence-electron chi connectivity index (χ0n) is 15.9. The maximum atomic E-state index is 11.6. The van der Waals surface area contributed by atoms with Crippen LogP contribution in [0.3, 0.4) is 0 Å². The van der Waals surface area contributed by atoms with Crippen LogP contribution in [0.1, 0.15) is 19.4 Å². The van der Waals surface area contributed by atoms with Crippen LogP contribution in [0.25, 0.3) is 10.9 Å². The standard InChI is InChI=1S/C20H21N5O3/c1-12(26)22-19-17-10-15(21-11-14-4-7-16(28-3)8-5-14)6-9-18(17)24-20(25-19)23-13(2)27/h4-10,21H,11H2,1-3H3,(H2,22,23,24,25,26,27). The van der Waals surface area contributed by atoms with Gasteiger partial charge in [0, 0.05) is 31.5 Å². The van der Waals surface area contributed by atoms with E-state index in [4.69, 9.17) is 4.74 Å². The summed E-state index contributed by atoms with van der Waals surface area (Å²) in [7, 11) is 1.63. The van der Waals surface area contributed by atoms with Crippen molar-refractivity contribution in [3.05, 3.63) is 48.0 Å². The monoisotopic (exact) mass is 379 g/mol. The summed E-state index contributed by atoms with van der Waals surface area (Å²) in [5, 5.41) is 9.24. The lowest BCUT2D eigenvalue weighted by Gasteiger charge is -2.12. The average molecular weight is 379 g/mol. The average Bonchev–Trinajstić information content (AvgIpc) is 2.66. The van der Waals surface area contributed by atoms with E-state index in [9.17, 15) is 9.59 Å². The third-order valence-electron chi connectivity index (χ3n) is 3.93. The Labute approximate surface area is 162 Å². The first-order valence-corrected chi connectivity index (χ1v) is 8.68. The topological polar surface area (TPSA) is 105 Å². The van der Waals surface area contributed by atoms with Crippen LogP contribution in [-0.4, -0.2) is 28.9 Å². The minimum Gasteiger partial charge on any atom is -0.497 e. The van der Waals surface area contributed by atoms with Gasteiger partial charge in [0.2, 0.25) is 17.8 Å². The van der Waals surface area contributed by atoms with E-state index in [-0.39, 0.29) is 17.8 Å². The molecule has 8 heteroatoms. The van der Waals surface area contributed by atoms with Gasteiger partial charge in [0.25, 0.3) is 0 Å². The highest BCUT2D eigenvalue weighted by Crippen LogP contribution is 2.26. The second-order valence-electron chi connectivity index (χ2n) is 6.19. The lowest BCUT2D eigenvalue weighted by atomic mass is 10.2. The second-order valence-corrected chi connectivity index (χ2v) is 6.19. The van der Waals surface area contributed by atoms with Gasteiger partial charge < -0.3 is 15.4 Å². The summed E-state index contributed by atoms with van der Waals surface area (Å²) in [5.41, 5.74) is 2.56. The van der Waals surface area contributed by atoms with Crippen molar-refractivity contribution in [2.24, 2.45) is 0 Å². The largest absolute Gasteiger partial charge is 0.497 e. The molecular weight excluding hydrogens is 358 g/mol. The molecule has 0 aliphatic heterocycles. The Kier molecular flexibility index (Phi) is 5.69. The van der Waals surface area contributed by atoms with E-state index in [0.29, 0.717) is 23.3 Å². The number of carbonyl (C=O) groups is 2. The van der Waals surface area contributed by atoms with Crippen molar-refractivity contribution < 1.29 is 14.3 Å². The van der Waals surface area contributed by atoms with Gasteiger partial charge in [-0.15, -0.1) is 0 Å². The molecular formula is C20H21N5O3. The van der Waals surface area contributed by atoms with Crippen LogP contribution in [0.5, 0.6) is 5.75 Å². The van der Waals surface area contributed by atoms with Crippen molar-refractivity contribution in [3.63, 3.8) is 0 Å². The van der Waals surface area contributed by atoms with E-state index in [1.54, 1.807) is 7.11 Å². The molecule has 0 spiro atoms. The number of fused-ring (bicyclic) bond motifs is 1. The molecule has 0 aliphatic carbocycles. The Balaban J connectivity index is 1.87. The first-order chi connectivity index (χ1) is 13.4. The smallest absolute Gasteiger partial charge is 0.231 e. The molecule has 0 atom stereocenters. The predicted molar refractivity (Wildman–Crippen MR) is 108 cm³/mol. The molecule has 1 heterocycles. The molecule has 144 valence electrons. The number of hydrogen-bond donors (Lipinski definition) is 3. The molecule has 0 saturated carbocycles. The van der Waals surface area contributed by atoms with Crippen molar-refractivity contribution >= 4 is 40.2 Å². The van der Waals surface area contributed by atoms with Gasteiger partial charge in [0.1, 0.15) is 11.6 Å². The van der Waals surface area contributed by atoms with Gasteiger partial charge in [0.05, 0.1) is 12.6 Å². The fourth-order valence-electron chi connectivity index (χ4n) is 2.66. The molecule has 0 unspecified atom stereocenters. The van der Waals surface area contributed by atoms with E-state index in [2.05, 4.69) is 25.9 Å². The van der Waals surface area contributed by atoms with Crippen LogP contribution >= 0.6 is 0 Å². The molecule has 3 rings (SSSR count). The zero-order chi connectivity index (χ0) is 20.1. The summed E-state index contributed by atoms with van der Waals surface area (Å²) < 4.78 is 5.16. The normalized spacial score (nSPS) is 10.4. The van der Waals surface area contributed by atoms with E-state index in [1.165, 1.54) is 13.8 Å². The molecule has 2 aromatic carbocycles. The fourth-order valence-corrected chi connectivity index (χ4v) is 2.66. The molecule has 0 radical (unpaired) electrons. The van der Waals surface area contributed by atoms with Gasteiger partial charge in [-0.2, -0.15) is 4.98 Å². The SMILES string of the molecule is COc1ccc(CNc2ccc3nc(NC(C)=O)nc(NC(C)=O)c3c2)cc1. The van der Waals surface area contributed by atoms with Crippen molar-refractivity contribution in [1.29, 1.82) is 0 Å². The van der Waals surface area contributed by atoms with Gasteiger partial charge in [-0.3, -0.25) is 14.9 Å². The molecule has 0 saturated heterocycles. The van der Waals surface area contributed by atoms with Crippen LogP contribution < -0.4 is 20.7 Å². The maximum absolute atomic E-state index is 11.6. The van der Waals surface area contributed by atoms with Crippen LogP contribution in [0, 0.1) is 0 Å². The minimum atomic E-state index is -0.286. The van der Waals surface area contributed by atoms with Gasteiger partial charge in [-0.25, -0.2) is 4.98 Å². The van der Waals surface area contributed by atoms with Crippen molar-refractivity contribution in [2.45, 2.75) is 20.4 Å². The van der Waals surface area contributed by atoms with Gasteiger partial charge in [-0.05, 0) is 35.9 Å². The number of amides is 2. The van der Waals surface area contributed by atoms with Crippen LogP contribution in [0.2, 0.25) is 0 Å². The van der Waals surface area contributed by atoms with Crippen LogP contribution in [0.4, 0.5) is 17.5 Å². The number of methoxy groups -OCH3 is 1. The second kappa shape index (κ2) is 8.34. The summed E-state index contributed by atoms with van der Waals surface area (Å²) in [4.78, 5) is 31.4. The van der Waals surface area contributed by atoms with Crippen molar-refractivity contribution in [2.75, 3.05) is 23.1 Å². The molecule has 28 heavy (non-hydrogen) atoms. The number of aromatic nitrogens is 2. The number of nitrogens with zero attached hydrogens (tertiary/aromatic N) is 2. The Hall–Kier alpha value is -3.68. The highest BCUT2D eigenvalue weighted by atomic mass is 16.5. The molecule has 3 N–H and O–H groups in total. The van der Waals surface area contributed by atoms with E-state index >= 15 is 0 Å². The van der Waals surface area contributed by atoms with Crippen LogP contribution in [-0.2, 0) is 16.1 Å². The van der Waals surface area contributed by atoms with E-state index in [1.807, 2.05) is 42.5 Å². The highest BCUT2D eigenvalue weighted by molar-refractivity contribution is 6.00. The van der Waals surface area contributed by atoms with E-state index < -0.39 is 0 Å². The first-order valence-electron chi connectivity index (χ1n) is 8.68. The number of rotatable bonds is 6. The maximum Gasteiger partial charge on any atom is 0.231 e. The Bertz CT molecular complexity index is 1020. The Morgan fingerprint density at radius 2 is 1.68 bits per heavy atom. The summed E-state index contributed by atoms with van der Waals surface area (Å²) >= 11 is 0. The number of anilines is 3. The summed E-state index contributed by atoms with van der Waals surface area (Å²) in [6, 6.07) is 13.3. The van der Waals surface area contributed by atoms with Gasteiger partial charge in [-0.1, -0.05) is 12.1 Å². The fraction of sp³-hybridized carbons (Fsp3) is 0.200. The summed E-state index contributed by atoms with van der Waals surface area (Å²) in [6.07, 6.45) is 0. The summed E-state index contributed by atoms with van der Waals surface area (Å²) in [6.45, 7) is 3.39. The molecule has 8 nitrogen and oxygen atoms in total. The predicted octanol–water partition coefficient (Wildman–Crippen LogP) is 3.17. The third kappa shape index (κ3) is 4.73. The highest BCUT2D eigenvalue weighted by Gasteiger charge is 2.11. The lowest BCUT2D eigenvalue weighted by Crippen LogP contribution is -2.13. The van der Waals surface area contributed by atoms with Crippen molar-refractivity contribution in [3.8, 4) is 5.75 Å². The minimum absolute atomic E-state index is 0.141. The number of hydrogen-bond acceptors (Lipinski definition) is 6. The Morgan fingerprint density at radius 1 is 0.964 bits per heavy atom. The number of ether oxygens (including phenoxy) is 1. The first kappa shape index (κ1) is 19.1. The molecule has 0 fully saturated rings. The molecule has 1 aromatic heterocycles. The molecule has 0 aliphatic rings. The third-order valence-corrected chi connectivity index (χ3v) is 3.93. The van der Waals surface area contributed by atoms with Gasteiger partial charge in [0.15, 0.2) is 0 Å². The Morgan fingerprint density at radius 3 is 2.32 bits per heavy atom. The number of benzene rings is 2. The number of carbonyl (C=O) groups excluding carboxylic acids is 2. The molecule has 2 amide bonds. The summed E-state index contributed by atoms with van der Waals surface area (Å²) in [5.74, 6) is 0.745. The van der Waals surface area contributed by atoms with Gasteiger partial charge >= 0.3 is 0 Å². The number of nitrogens with one attached hydrogen (secondary N) is 3. The van der Waals surface area contributed by atoms with Crippen LogP contribution in [0.15, 0.2) is 42.5 Å². The van der Waals surface area contributed by atoms with Crippen molar-refractivity contribution in [1.82, 2.24) is 9.97 Å².